The molecule has 8 nitrogen and oxygen atoms in total. The van der Waals surface area contributed by atoms with Crippen molar-refractivity contribution in [3.8, 4) is 0 Å². The molecule has 0 aromatic carbocycles. The molecule has 0 saturated carbocycles. The molecule has 1 aromatic heterocycles. The van der Waals surface area contributed by atoms with E-state index < -0.39 is 11.9 Å². The third-order valence-corrected chi connectivity index (χ3v) is 2.58. The zero-order valence-electron chi connectivity index (χ0n) is 9.47. The van der Waals surface area contributed by atoms with Gasteiger partial charge in [0.15, 0.2) is 5.82 Å². The number of aromatic amines is 1. The first-order chi connectivity index (χ1) is 8.56. The van der Waals surface area contributed by atoms with Crippen LogP contribution in [0.15, 0.2) is 6.07 Å². The highest BCUT2D eigenvalue weighted by atomic mass is 16.4. The number of nitrogens with one attached hydrogen (secondary N) is 2. The van der Waals surface area contributed by atoms with E-state index in [-0.39, 0.29) is 24.0 Å². The largest absolute Gasteiger partial charge is 0.477 e. The van der Waals surface area contributed by atoms with Gasteiger partial charge in [0, 0.05) is 19.0 Å². The summed E-state index contributed by atoms with van der Waals surface area (Å²) in [5.74, 6) is -1.46. The zero-order valence-corrected chi connectivity index (χ0v) is 9.47. The third kappa shape index (κ3) is 2.65. The van der Waals surface area contributed by atoms with Crippen molar-refractivity contribution in [2.24, 2.45) is 0 Å². The maximum absolute atomic E-state index is 11.6. The van der Waals surface area contributed by atoms with Gasteiger partial charge >= 0.3 is 5.97 Å². The first kappa shape index (κ1) is 12.1. The van der Waals surface area contributed by atoms with Crippen molar-refractivity contribution in [1.82, 2.24) is 15.1 Å². The number of carboxylic acids is 1. The van der Waals surface area contributed by atoms with Crippen LogP contribution >= 0.6 is 0 Å². The fourth-order valence-corrected chi connectivity index (χ4v) is 1.72. The van der Waals surface area contributed by atoms with Crippen LogP contribution in [0, 0.1) is 0 Å². The minimum Gasteiger partial charge on any atom is -0.477 e. The summed E-state index contributed by atoms with van der Waals surface area (Å²) in [5, 5.41) is 17.0. The number of nitrogens with zero attached hydrogens (tertiary/aromatic N) is 2. The first-order valence-electron chi connectivity index (χ1n) is 5.42. The topological polar surface area (TPSA) is 115 Å². The van der Waals surface area contributed by atoms with Gasteiger partial charge in [-0.15, -0.1) is 0 Å². The van der Waals surface area contributed by atoms with Gasteiger partial charge in [0.2, 0.25) is 11.8 Å². The Balaban J connectivity index is 1.90. The molecule has 2 rings (SSSR count). The average Bonchev–Trinajstić information content (AvgIpc) is 2.89. The van der Waals surface area contributed by atoms with E-state index in [1.54, 1.807) is 0 Å². The van der Waals surface area contributed by atoms with E-state index in [0.29, 0.717) is 13.0 Å². The molecule has 1 saturated heterocycles. The second kappa shape index (κ2) is 4.86. The van der Waals surface area contributed by atoms with Gasteiger partial charge in [0.1, 0.15) is 5.69 Å². The molecule has 2 amide bonds. The van der Waals surface area contributed by atoms with E-state index in [1.165, 1.54) is 11.0 Å². The number of rotatable bonds is 4. The summed E-state index contributed by atoms with van der Waals surface area (Å²) in [6.45, 7) is 0.543. The van der Waals surface area contributed by atoms with Crippen LogP contribution in [-0.2, 0) is 9.59 Å². The van der Waals surface area contributed by atoms with Crippen LogP contribution in [0.2, 0.25) is 0 Å². The standard InChI is InChI=1S/C10H12N4O4/c15-8(5-14-3-1-2-9(14)16)11-7-4-6(10(17)18)12-13-7/h4H,1-3,5H2,(H,17,18)(H2,11,12,13,15). The molecule has 1 aromatic rings. The molecule has 0 bridgehead atoms. The minimum absolute atomic E-state index is 0.0336. The molecule has 3 N–H and O–H groups in total. The van der Waals surface area contributed by atoms with Crippen molar-refractivity contribution in [2.45, 2.75) is 12.8 Å². The lowest BCUT2D eigenvalue weighted by atomic mass is 10.4. The Morgan fingerprint density at radius 2 is 2.33 bits per heavy atom. The minimum atomic E-state index is -1.15. The van der Waals surface area contributed by atoms with Crippen molar-refractivity contribution in [3.63, 3.8) is 0 Å². The van der Waals surface area contributed by atoms with Crippen LogP contribution in [0.1, 0.15) is 23.3 Å². The number of carbonyl (C=O) groups is 3. The second-order valence-electron chi connectivity index (χ2n) is 3.94. The summed E-state index contributed by atoms with van der Waals surface area (Å²) in [5.41, 5.74) is -0.109. The van der Waals surface area contributed by atoms with E-state index in [2.05, 4.69) is 15.5 Å². The predicted molar refractivity (Wildman–Crippen MR) is 60.0 cm³/mol. The molecule has 1 aliphatic heterocycles. The van der Waals surface area contributed by atoms with Crippen LogP contribution in [-0.4, -0.2) is 51.1 Å². The van der Waals surface area contributed by atoms with Gasteiger partial charge in [-0.05, 0) is 6.42 Å². The zero-order chi connectivity index (χ0) is 13.1. The monoisotopic (exact) mass is 252 g/mol. The highest BCUT2D eigenvalue weighted by molar-refractivity contribution is 5.95. The SMILES string of the molecule is O=C(CN1CCCC1=O)Nc1cc(C(=O)O)[nH]n1. The Kier molecular flexibility index (Phi) is 3.26. The summed E-state index contributed by atoms with van der Waals surface area (Å²) >= 11 is 0. The Labute approximate surface area is 102 Å². The number of carbonyl (C=O) groups excluding carboxylic acids is 2. The summed E-state index contributed by atoms with van der Waals surface area (Å²) in [7, 11) is 0. The number of H-pyrrole nitrogens is 1. The number of aromatic nitrogens is 2. The number of amides is 2. The Morgan fingerprint density at radius 3 is 2.89 bits per heavy atom. The molecule has 96 valence electrons. The number of aromatic carboxylic acids is 1. The smallest absolute Gasteiger partial charge is 0.353 e. The molecule has 1 aliphatic rings. The van der Waals surface area contributed by atoms with E-state index in [0.717, 1.165) is 6.42 Å². The summed E-state index contributed by atoms with van der Waals surface area (Å²) < 4.78 is 0. The maximum Gasteiger partial charge on any atom is 0.353 e. The molecular formula is C10H12N4O4. The van der Waals surface area contributed by atoms with Gasteiger partial charge in [-0.2, -0.15) is 5.10 Å². The van der Waals surface area contributed by atoms with Crippen LogP contribution in [0.4, 0.5) is 5.82 Å². The lowest BCUT2D eigenvalue weighted by molar-refractivity contribution is -0.131. The number of likely N-dealkylation sites (tertiary alicyclic amines) is 1. The van der Waals surface area contributed by atoms with Crippen molar-refractivity contribution < 1.29 is 19.5 Å². The van der Waals surface area contributed by atoms with Gasteiger partial charge in [0.25, 0.3) is 0 Å². The first-order valence-corrected chi connectivity index (χ1v) is 5.42. The molecule has 0 unspecified atom stereocenters. The molecule has 0 radical (unpaired) electrons. The highest BCUT2D eigenvalue weighted by Crippen LogP contribution is 2.10. The summed E-state index contributed by atoms with van der Waals surface area (Å²) in [4.78, 5) is 34.9. The molecule has 1 fully saturated rings. The van der Waals surface area contributed by atoms with E-state index in [1.807, 2.05) is 0 Å². The van der Waals surface area contributed by atoms with Gasteiger partial charge in [-0.3, -0.25) is 14.7 Å². The van der Waals surface area contributed by atoms with E-state index in [4.69, 9.17) is 5.11 Å². The van der Waals surface area contributed by atoms with Gasteiger partial charge in [-0.1, -0.05) is 0 Å². The number of anilines is 1. The van der Waals surface area contributed by atoms with Gasteiger partial charge in [0.05, 0.1) is 6.54 Å². The lowest BCUT2D eigenvalue weighted by Gasteiger charge is -2.13. The third-order valence-electron chi connectivity index (χ3n) is 2.58. The van der Waals surface area contributed by atoms with Crippen LogP contribution in [0.5, 0.6) is 0 Å². The predicted octanol–water partition coefficient (Wildman–Crippen LogP) is -0.331. The molecule has 0 spiro atoms. The Morgan fingerprint density at radius 1 is 1.56 bits per heavy atom. The fourth-order valence-electron chi connectivity index (χ4n) is 1.72. The highest BCUT2D eigenvalue weighted by Gasteiger charge is 2.22. The van der Waals surface area contributed by atoms with Crippen molar-refractivity contribution in [1.29, 1.82) is 0 Å². The van der Waals surface area contributed by atoms with Crippen LogP contribution in [0.25, 0.3) is 0 Å². The molecule has 18 heavy (non-hydrogen) atoms. The molecule has 2 heterocycles. The number of carboxylic acid groups (broad SMARTS) is 1. The number of hydrogen-bond donors (Lipinski definition) is 3. The average molecular weight is 252 g/mol. The van der Waals surface area contributed by atoms with Crippen molar-refractivity contribution >= 4 is 23.6 Å². The normalized spacial score (nSPS) is 14.9. The number of hydrogen-bond acceptors (Lipinski definition) is 4. The van der Waals surface area contributed by atoms with Crippen LogP contribution in [0.3, 0.4) is 0 Å². The van der Waals surface area contributed by atoms with Crippen LogP contribution < -0.4 is 5.32 Å². The lowest BCUT2D eigenvalue weighted by Crippen LogP contribution is -2.34. The van der Waals surface area contributed by atoms with Gasteiger partial charge in [-0.25, -0.2) is 4.79 Å². The fraction of sp³-hybridized carbons (Fsp3) is 0.400. The molecule has 0 aliphatic carbocycles. The van der Waals surface area contributed by atoms with E-state index in [9.17, 15) is 14.4 Å². The summed E-state index contributed by atoms with van der Waals surface area (Å²) in [6, 6.07) is 1.21. The molecule has 0 atom stereocenters. The quantitative estimate of drug-likeness (QED) is 0.678. The molecule has 8 heteroatoms. The Bertz CT molecular complexity index is 496. The maximum atomic E-state index is 11.6. The van der Waals surface area contributed by atoms with Crippen molar-refractivity contribution in [2.75, 3.05) is 18.4 Å². The molecular weight excluding hydrogens is 240 g/mol. The van der Waals surface area contributed by atoms with E-state index >= 15 is 0 Å². The van der Waals surface area contributed by atoms with Crippen molar-refractivity contribution in [3.05, 3.63) is 11.8 Å². The summed E-state index contributed by atoms with van der Waals surface area (Å²) in [6.07, 6.45) is 1.23. The van der Waals surface area contributed by atoms with Gasteiger partial charge < -0.3 is 15.3 Å². The Hall–Kier alpha value is -2.38. The second-order valence-corrected chi connectivity index (χ2v) is 3.94.